The minimum absolute atomic E-state index is 0.161. The third-order valence-electron chi connectivity index (χ3n) is 6.52. The van der Waals surface area contributed by atoms with Gasteiger partial charge in [-0.3, -0.25) is 9.35 Å². The molecule has 0 aliphatic carbocycles. The molecule has 218 valence electrons. The van der Waals surface area contributed by atoms with Crippen molar-refractivity contribution < 1.29 is 35.3 Å². The number of alkyl halides is 3. The highest BCUT2D eigenvalue weighted by molar-refractivity contribution is 7.86. The van der Waals surface area contributed by atoms with E-state index in [2.05, 4.69) is 15.3 Å². The van der Waals surface area contributed by atoms with Crippen LogP contribution in [0.4, 0.5) is 23.2 Å². The van der Waals surface area contributed by atoms with E-state index in [-0.39, 0.29) is 10.6 Å². The fourth-order valence-electron chi connectivity index (χ4n) is 4.54. The Hall–Kier alpha value is -4.24. The van der Waals surface area contributed by atoms with Crippen LogP contribution in [-0.2, 0) is 16.3 Å². The second-order valence-corrected chi connectivity index (χ2v) is 12.9. The summed E-state index contributed by atoms with van der Waals surface area (Å²) >= 11 is 2.53. The number of aromatic nitrogens is 2. The molecule has 0 atom stereocenters. The fourth-order valence-corrected chi connectivity index (χ4v) is 7.86. The number of aryl methyl sites for hydroxylation is 1. The molecular formula is C29H17F4N3O4S3. The van der Waals surface area contributed by atoms with Gasteiger partial charge in [0, 0.05) is 16.8 Å². The van der Waals surface area contributed by atoms with Gasteiger partial charge in [0.1, 0.15) is 20.7 Å². The highest BCUT2D eigenvalue weighted by Gasteiger charge is 2.35. The molecule has 0 bridgehead atoms. The lowest BCUT2D eigenvalue weighted by Gasteiger charge is -2.13. The second kappa shape index (κ2) is 10.5. The molecule has 6 rings (SSSR count). The summed E-state index contributed by atoms with van der Waals surface area (Å²) in [6.07, 6.45) is -4.83. The Bertz CT molecular complexity index is 2170. The van der Waals surface area contributed by atoms with Crippen LogP contribution in [0, 0.1) is 12.7 Å². The quantitative estimate of drug-likeness (QED) is 0.145. The molecule has 6 aromatic rings. The molecule has 14 heteroatoms. The summed E-state index contributed by atoms with van der Waals surface area (Å²) in [6, 6.07) is 16.8. The number of fused-ring (bicyclic) bond motifs is 2. The first-order valence-electron chi connectivity index (χ1n) is 12.3. The van der Waals surface area contributed by atoms with Crippen LogP contribution in [0.15, 0.2) is 77.7 Å². The SMILES string of the molecule is Cc1ccc2nc(-c3ccc4nc(-c5ccc(NC(=O)c6cc(F)ccc6C(F)(F)F)cc5)sc4c3)sc2c1S(=O)(=O)O. The summed E-state index contributed by atoms with van der Waals surface area (Å²) in [5, 5.41) is 3.58. The lowest BCUT2D eigenvalue weighted by molar-refractivity contribution is -0.137. The summed E-state index contributed by atoms with van der Waals surface area (Å²) in [7, 11) is -4.45. The molecule has 1 amide bonds. The maximum absolute atomic E-state index is 13.6. The van der Waals surface area contributed by atoms with Crippen molar-refractivity contribution in [2.75, 3.05) is 5.32 Å². The topological polar surface area (TPSA) is 109 Å². The number of benzene rings is 4. The molecule has 2 N–H and O–H groups in total. The highest BCUT2D eigenvalue weighted by atomic mass is 32.2. The normalized spacial score (nSPS) is 12.2. The lowest BCUT2D eigenvalue weighted by atomic mass is 10.1. The van der Waals surface area contributed by atoms with Gasteiger partial charge in [-0.15, -0.1) is 22.7 Å². The summed E-state index contributed by atoms with van der Waals surface area (Å²) in [6.45, 7) is 1.60. The minimum atomic E-state index is -4.83. The number of rotatable bonds is 5. The van der Waals surface area contributed by atoms with E-state index in [1.807, 2.05) is 12.1 Å². The largest absolute Gasteiger partial charge is 0.417 e. The van der Waals surface area contributed by atoms with Crippen molar-refractivity contribution >= 4 is 64.8 Å². The van der Waals surface area contributed by atoms with E-state index in [0.717, 1.165) is 21.6 Å². The van der Waals surface area contributed by atoms with Crippen molar-refractivity contribution in [1.29, 1.82) is 0 Å². The number of thiazole rings is 2. The number of carbonyl (C=O) groups excluding carboxylic acids is 1. The van der Waals surface area contributed by atoms with E-state index in [1.54, 1.807) is 37.3 Å². The third-order valence-corrected chi connectivity index (χ3v) is 9.90. The molecule has 4 aromatic carbocycles. The van der Waals surface area contributed by atoms with Gasteiger partial charge in [0.2, 0.25) is 0 Å². The highest BCUT2D eigenvalue weighted by Crippen LogP contribution is 2.39. The molecule has 0 unspecified atom stereocenters. The Kier molecular flexibility index (Phi) is 7.04. The number of nitrogens with zero attached hydrogens (tertiary/aromatic N) is 2. The van der Waals surface area contributed by atoms with Crippen LogP contribution in [0.3, 0.4) is 0 Å². The number of hydrogen-bond acceptors (Lipinski definition) is 7. The van der Waals surface area contributed by atoms with Crippen molar-refractivity contribution in [2.45, 2.75) is 18.0 Å². The number of anilines is 1. The van der Waals surface area contributed by atoms with Crippen LogP contribution in [0.1, 0.15) is 21.5 Å². The van der Waals surface area contributed by atoms with Crippen LogP contribution >= 0.6 is 22.7 Å². The standard InChI is InChI=1S/C29H17F4N3O4S3/c1-14-2-10-22-24(25(14)43(38,39)40)42-28(36-22)16-5-11-21-23(12-16)41-27(35-21)15-3-7-18(8-4-15)34-26(37)19-13-17(30)6-9-20(19)29(31,32)33/h2-13H,1H3,(H,34,37)(H,38,39,40). The molecule has 0 spiro atoms. The van der Waals surface area contributed by atoms with Crippen molar-refractivity contribution in [3.05, 3.63) is 95.3 Å². The average molecular weight is 644 g/mol. The molecular weight excluding hydrogens is 627 g/mol. The van der Waals surface area contributed by atoms with Gasteiger partial charge in [-0.1, -0.05) is 6.07 Å². The van der Waals surface area contributed by atoms with Crippen molar-refractivity contribution in [3.8, 4) is 21.1 Å². The first-order valence-corrected chi connectivity index (χ1v) is 15.4. The Labute approximate surface area is 249 Å². The van der Waals surface area contributed by atoms with Crippen LogP contribution < -0.4 is 5.32 Å². The first kappa shape index (κ1) is 28.9. The molecule has 2 heterocycles. The maximum atomic E-state index is 13.6. The molecule has 43 heavy (non-hydrogen) atoms. The second-order valence-electron chi connectivity index (χ2n) is 9.47. The predicted molar refractivity (Wildman–Crippen MR) is 158 cm³/mol. The van der Waals surface area contributed by atoms with Crippen LogP contribution in [0.5, 0.6) is 0 Å². The average Bonchev–Trinajstić information content (AvgIpc) is 3.56. The molecule has 0 saturated carbocycles. The van der Waals surface area contributed by atoms with Gasteiger partial charge in [0.05, 0.1) is 31.6 Å². The van der Waals surface area contributed by atoms with Crippen molar-refractivity contribution in [2.24, 2.45) is 0 Å². The van der Waals surface area contributed by atoms with Crippen LogP contribution in [-0.4, -0.2) is 28.8 Å². The van der Waals surface area contributed by atoms with Crippen LogP contribution in [0.2, 0.25) is 0 Å². The molecule has 7 nitrogen and oxygen atoms in total. The summed E-state index contributed by atoms with van der Waals surface area (Å²) in [5.74, 6) is -2.06. The Morgan fingerprint density at radius 3 is 2.21 bits per heavy atom. The molecule has 0 aliphatic heterocycles. The van der Waals surface area contributed by atoms with E-state index in [0.29, 0.717) is 55.1 Å². The predicted octanol–water partition coefficient (Wildman–Crippen LogP) is 8.21. The monoisotopic (exact) mass is 643 g/mol. The molecule has 0 aliphatic rings. The molecule has 0 fully saturated rings. The minimum Gasteiger partial charge on any atom is -0.322 e. The number of amides is 1. The zero-order valence-electron chi connectivity index (χ0n) is 21.7. The molecule has 0 radical (unpaired) electrons. The number of nitrogens with one attached hydrogen (secondary N) is 1. The van der Waals surface area contributed by atoms with Gasteiger partial charge in [-0.2, -0.15) is 21.6 Å². The number of hydrogen-bond donors (Lipinski definition) is 2. The molecule has 2 aromatic heterocycles. The Balaban J connectivity index is 1.26. The van der Waals surface area contributed by atoms with E-state index in [4.69, 9.17) is 0 Å². The first-order chi connectivity index (χ1) is 20.3. The Morgan fingerprint density at radius 1 is 0.860 bits per heavy atom. The van der Waals surface area contributed by atoms with Gasteiger partial charge in [0.15, 0.2) is 0 Å². The van der Waals surface area contributed by atoms with E-state index in [1.165, 1.54) is 23.5 Å². The van der Waals surface area contributed by atoms with Crippen LogP contribution in [0.25, 0.3) is 41.6 Å². The van der Waals surface area contributed by atoms with E-state index < -0.39 is 39.1 Å². The van der Waals surface area contributed by atoms with Gasteiger partial charge < -0.3 is 5.32 Å². The summed E-state index contributed by atoms with van der Waals surface area (Å²) in [4.78, 5) is 21.6. The zero-order valence-corrected chi connectivity index (χ0v) is 24.2. The van der Waals surface area contributed by atoms with E-state index >= 15 is 0 Å². The lowest BCUT2D eigenvalue weighted by Crippen LogP contribution is -2.19. The Morgan fingerprint density at radius 2 is 1.51 bits per heavy atom. The van der Waals surface area contributed by atoms with Crippen molar-refractivity contribution in [3.63, 3.8) is 0 Å². The van der Waals surface area contributed by atoms with Gasteiger partial charge in [0.25, 0.3) is 16.0 Å². The van der Waals surface area contributed by atoms with Gasteiger partial charge >= 0.3 is 6.18 Å². The fraction of sp³-hybridized carbons (Fsp3) is 0.0690. The summed E-state index contributed by atoms with van der Waals surface area (Å²) in [5.41, 5.74) is 1.13. The van der Waals surface area contributed by atoms with E-state index in [9.17, 15) is 35.3 Å². The maximum Gasteiger partial charge on any atom is 0.417 e. The zero-order chi connectivity index (χ0) is 30.7. The van der Waals surface area contributed by atoms with Gasteiger partial charge in [-0.25, -0.2) is 14.4 Å². The molecule has 0 saturated heterocycles. The number of halogens is 4. The summed E-state index contributed by atoms with van der Waals surface area (Å²) < 4.78 is 88.4. The number of carbonyl (C=O) groups is 1. The van der Waals surface area contributed by atoms with Gasteiger partial charge in [-0.05, 0) is 79.2 Å². The third kappa shape index (κ3) is 5.61. The van der Waals surface area contributed by atoms with Crippen molar-refractivity contribution in [1.82, 2.24) is 9.97 Å². The smallest absolute Gasteiger partial charge is 0.322 e.